The van der Waals surface area contributed by atoms with E-state index in [1.807, 2.05) is 5.38 Å². The van der Waals surface area contributed by atoms with Gasteiger partial charge in [0.05, 0.1) is 12.1 Å². The molecule has 25 heavy (non-hydrogen) atoms. The van der Waals surface area contributed by atoms with E-state index in [-0.39, 0.29) is 18.1 Å². The number of nitrogens with one attached hydrogen (secondary N) is 2. The zero-order valence-electron chi connectivity index (χ0n) is 13.3. The van der Waals surface area contributed by atoms with Gasteiger partial charge in [0.2, 0.25) is 11.9 Å². The third-order valence-electron chi connectivity index (χ3n) is 3.33. The monoisotopic (exact) mass is 357 g/mol. The number of rotatable bonds is 7. The molecule has 0 aliphatic carbocycles. The molecule has 0 aliphatic heterocycles. The van der Waals surface area contributed by atoms with Crippen molar-refractivity contribution in [1.82, 2.24) is 20.3 Å². The summed E-state index contributed by atoms with van der Waals surface area (Å²) in [5.74, 6) is 0.101. The van der Waals surface area contributed by atoms with E-state index in [1.165, 1.54) is 23.5 Å². The van der Waals surface area contributed by atoms with Crippen LogP contribution in [0.1, 0.15) is 11.3 Å². The molecule has 6 nitrogen and oxygen atoms in total. The Morgan fingerprint density at radius 3 is 2.68 bits per heavy atom. The Kier molecular flexibility index (Phi) is 5.63. The number of carbonyl (C=O) groups is 1. The lowest BCUT2D eigenvalue weighted by molar-refractivity contribution is -0.120. The lowest BCUT2D eigenvalue weighted by Crippen LogP contribution is -2.27. The number of thiazole rings is 1. The molecule has 2 heterocycles. The van der Waals surface area contributed by atoms with Gasteiger partial charge in [-0.05, 0) is 30.2 Å². The molecular formula is C17H16FN5OS. The van der Waals surface area contributed by atoms with E-state index >= 15 is 0 Å². The highest BCUT2D eigenvalue weighted by atomic mass is 32.1. The Bertz CT molecular complexity index is 823. The second-order valence-corrected chi connectivity index (χ2v) is 6.10. The molecule has 1 amide bonds. The van der Waals surface area contributed by atoms with Crippen molar-refractivity contribution in [3.63, 3.8) is 0 Å². The van der Waals surface area contributed by atoms with Gasteiger partial charge in [0.25, 0.3) is 0 Å². The number of halogens is 1. The van der Waals surface area contributed by atoms with Crippen LogP contribution in [0.2, 0.25) is 0 Å². The fourth-order valence-electron chi connectivity index (χ4n) is 2.13. The third kappa shape index (κ3) is 5.32. The molecular weight excluding hydrogens is 341 g/mol. The number of carbonyl (C=O) groups excluding carboxylic acids is 1. The molecule has 128 valence electrons. The smallest absolute Gasteiger partial charge is 0.228 e. The molecule has 0 saturated heterocycles. The Balaban J connectivity index is 1.44. The second-order valence-electron chi connectivity index (χ2n) is 5.24. The van der Waals surface area contributed by atoms with E-state index in [2.05, 4.69) is 25.6 Å². The van der Waals surface area contributed by atoms with E-state index < -0.39 is 0 Å². The van der Waals surface area contributed by atoms with Gasteiger partial charge >= 0.3 is 0 Å². The van der Waals surface area contributed by atoms with Crippen LogP contribution in [0.15, 0.2) is 48.1 Å². The molecule has 3 rings (SSSR count). The first kappa shape index (κ1) is 17.0. The zero-order valence-corrected chi connectivity index (χ0v) is 14.1. The number of hydrogen-bond donors (Lipinski definition) is 2. The van der Waals surface area contributed by atoms with Gasteiger partial charge in [-0.2, -0.15) is 0 Å². The Labute approximate surface area is 148 Å². The molecule has 2 aromatic heterocycles. The number of hydrogen-bond acceptors (Lipinski definition) is 6. The summed E-state index contributed by atoms with van der Waals surface area (Å²) in [7, 11) is 0. The maximum atomic E-state index is 12.8. The highest BCUT2D eigenvalue weighted by Gasteiger charge is 2.08. The standard InChI is InChI=1S/C17H16FN5OS/c18-13-4-2-12(3-5-13)6-9-19-15(24)10-14-11-25-17(22-14)23-16-20-7-1-8-21-16/h1-5,7-8,11H,6,9-10H2,(H,19,24)(H,20,21,22,23). The lowest BCUT2D eigenvalue weighted by atomic mass is 10.1. The van der Waals surface area contributed by atoms with Crippen LogP contribution < -0.4 is 10.6 Å². The summed E-state index contributed by atoms with van der Waals surface area (Å²) in [5.41, 5.74) is 1.66. The number of nitrogens with zero attached hydrogens (tertiary/aromatic N) is 3. The molecule has 0 atom stereocenters. The minimum Gasteiger partial charge on any atom is -0.355 e. The lowest BCUT2D eigenvalue weighted by Gasteiger charge is -2.04. The third-order valence-corrected chi connectivity index (χ3v) is 4.13. The molecule has 0 fully saturated rings. The topological polar surface area (TPSA) is 79.8 Å². The van der Waals surface area contributed by atoms with Crippen molar-refractivity contribution in [3.05, 3.63) is 65.2 Å². The molecule has 0 aliphatic rings. The molecule has 0 spiro atoms. The summed E-state index contributed by atoms with van der Waals surface area (Å²) in [6, 6.07) is 7.99. The van der Waals surface area contributed by atoms with Crippen molar-refractivity contribution in [1.29, 1.82) is 0 Å². The summed E-state index contributed by atoms with van der Waals surface area (Å²) >= 11 is 1.39. The van der Waals surface area contributed by atoms with Gasteiger partial charge in [0.15, 0.2) is 5.13 Å². The van der Waals surface area contributed by atoms with E-state index in [4.69, 9.17) is 0 Å². The Morgan fingerprint density at radius 1 is 1.16 bits per heavy atom. The van der Waals surface area contributed by atoms with Gasteiger partial charge < -0.3 is 10.6 Å². The SMILES string of the molecule is O=C(Cc1csc(Nc2ncccn2)n1)NCCc1ccc(F)cc1. The number of benzene rings is 1. The van der Waals surface area contributed by atoms with Crippen LogP contribution >= 0.6 is 11.3 Å². The molecule has 2 N–H and O–H groups in total. The van der Waals surface area contributed by atoms with E-state index in [0.717, 1.165) is 5.56 Å². The van der Waals surface area contributed by atoms with Gasteiger partial charge in [0, 0.05) is 24.3 Å². The fraction of sp³-hybridized carbons (Fsp3) is 0.176. The molecule has 1 aromatic carbocycles. The normalized spacial score (nSPS) is 10.4. The zero-order chi connectivity index (χ0) is 17.5. The van der Waals surface area contributed by atoms with Crippen LogP contribution in [0.3, 0.4) is 0 Å². The predicted molar refractivity (Wildman–Crippen MR) is 94.2 cm³/mol. The Morgan fingerprint density at radius 2 is 1.92 bits per heavy atom. The van der Waals surface area contributed by atoms with Crippen LogP contribution in [0.25, 0.3) is 0 Å². The highest BCUT2D eigenvalue weighted by molar-refractivity contribution is 7.13. The first-order valence-corrected chi connectivity index (χ1v) is 8.56. The van der Waals surface area contributed by atoms with Crippen molar-refractivity contribution >= 4 is 28.3 Å². The quantitative estimate of drug-likeness (QED) is 0.680. The van der Waals surface area contributed by atoms with Crippen molar-refractivity contribution in [2.45, 2.75) is 12.8 Å². The van der Waals surface area contributed by atoms with Crippen LogP contribution in [0, 0.1) is 5.82 Å². The molecule has 0 saturated carbocycles. The van der Waals surface area contributed by atoms with Crippen molar-refractivity contribution < 1.29 is 9.18 Å². The van der Waals surface area contributed by atoms with Crippen LogP contribution in [-0.2, 0) is 17.6 Å². The first-order chi connectivity index (χ1) is 12.2. The maximum Gasteiger partial charge on any atom is 0.228 e. The molecule has 8 heteroatoms. The Hall–Kier alpha value is -2.87. The molecule has 0 unspecified atom stereocenters. The fourth-order valence-corrected chi connectivity index (χ4v) is 2.83. The minimum absolute atomic E-state index is 0.102. The highest BCUT2D eigenvalue weighted by Crippen LogP contribution is 2.18. The number of amides is 1. The number of anilines is 2. The first-order valence-electron chi connectivity index (χ1n) is 7.68. The van der Waals surface area contributed by atoms with E-state index in [1.54, 1.807) is 30.6 Å². The molecule has 0 bridgehead atoms. The van der Waals surface area contributed by atoms with Gasteiger partial charge in [0.1, 0.15) is 5.82 Å². The van der Waals surface area contributed by atoms with Crippen LogP contribution in [0.5, 0.6) is 0 Å². The van der Waals surface area contributed by atoms with Crippen molar-refractivity contribution in [3.8, 4) is 0 Å². The van der Waals surface area contributed by atoms with Gasteiger partial charge in [-0.1, -0.05) is 12.1 Å². The summed E-state index contributed by atoms with van der Waals surface area (Å²) in [6.07, 6.45) is 4.13. The largest absolute Gasteiger partial charge is 0.355 e. The van der Waals surface area contributed by atoms with Crippen molar-refractivity contribution in [2.75, 3.05) is 11.9 Å². The van der Waals surface area contributed by atoms with Crippen molar-refractivity contribution in [2.24, 2.45) is 0 Å². The summed E-state index contributed by atoms with van der Waals surface area (Å²) in [4.78, 5) is 24.4. The van der Waals surface area contributed by atoms with Gasteiger partial charge in [-0.15, -0.1) is 11.3 Å². The summed E-state index contributed by atoms with van der Waals surface area (Å²) in [5, 5.41) is 8.29. The molecule has 0 radical (unpaired) electrons. The average Bonchev–Trinajstić information content (AvgIpc) is 3.04. The summed E-state index contributed by atoms with van der Waals surface area (Å²) < 4.78 is 12.8. The van der Waals surface area contributed by atoms with Crippen LogP contribution in [0.4, 0.5) is 15.5 Å². The molecule has 3 aromatic rings. The maximum absolute atomic E-state index is 12.8. The predicted octanol–water partition coefficient (Wildman–Crippen LogP) is 2.72. The van der Waals surface area contributed by atoms with Gasteiger partial charge in [-0.3, -0.25) is 4.79 Å². The van der Waals surface area contributed by atoms with Gasteiger partial charge in [-0.25, -0.2) is 19.3 Å². The van der Waals surface area contributed by atoms with Crippen LogP contribution in [-0.4, -0.2) is 27.4 Å². The number of aromatic nitrogens is 3. The van der Waals surface area contributed by atoms with E-state index in [0.29, 0.717) is 29.7 Å². The minimum atomic E-state index is -0.262. The average molecular weight is 357 g/mol. The van der Waals surface area contributed by atoms with E-state index in [9.17, 15) is 9.18 Å². The summed E-state index contributed by atoms with van der Waals surface area (Å²) in [6.45, 7) is 0.498. The second kappa shape index (κ2) is 8.29.